The minimum absolute atomic E-state index is 0. The van der Waals surface area contributed by atoms with Crippen LogP contribution in [0.2, 0.25) is 0 Å². The third-order valence-corrected chi connectivity index (χ3v) is 12.3. The van der Waals surface area contributed by atoms with Crippen LogP contribution in [0.25, 0.3) is 0 Å². The van der Waals surface area contributed by atoms with Gasteiger partial charge in [0.1, 0.15) is 20.1 Å². The average Bonchev–Trinajstić information content (AvgIpc) is 3.51. The Bertz CT molecular complexity index is 1720. The number of hydroxylamine groups is 2. The van der Waals surface area contributed by atoms with Gasteiger partial charge < -0.3 is 15.1 Å². The van der Waals surface area contributed by atoms with E-state index in [0.29, 0.717) is 22.3 Å². The molecule has 4 aromatic heterocycles. The third-order valence-electron chi connectivity index (χ3n) is 5.37. The summed E-state index contributed by atoms with van der Waals surface area (Å²) in [5.41, 5.74) is 0. The lowest BCUT2D eigenvalue weighted by molar-refractivity contribution is -0.197. The molecule has 5 heterocycles. The Balaban J connectivity index is 0.000000760. The van der Waals surface area contributed by atoms with Gasteiger partial charge in [-0.1, -0.05) is 53.3 Å². The number of carboxylic acids is 2. The first-order valence-corrected chi connectivity index (χ1v) is 26.7. The van der Waals surface area contributed by atoms with Crippen LogP contribution in [0.5, 0.6) is 0 Å². The Labute approximate surface area is 371 Å². The summed E-state index contributed by atoms with van der Waals surface area (Å²) in [5, 5.41) is 20.6. The minimum atomic E-state index is -0.870. The van der Waals surface area contributed by atoms with Crippen LogP contribution in [-0.4, -0.2) is 83.5 Å². The number of hydrogen-bond acceptors (Lipinski definition) is 18. The quantitative estimate of drug-likeness (QED) is 0.0316. The van der Waals surface area contributed by atoms with Gasteiger partial charge in [0.25, 0.3) is 11.8 Å². The Morgan fingerprint density at radius 3 is 1.37 bits per heavy atom. The number of aromatic nitrogens is 4. The SMILES string of the molecule is C.O=C(CCSSc1ccccn1)ON1C(=O)CCC1=O.O=C(O)CCS.O=C(O)CCSSc1ccccn1.[2H][P+](P)=S.c1ccc(SSc2ccccn2)nc1. The van der Waals surface area contributed by atoms with Crippen molar-refractivity contribution >= 4 is 135 Å². The van der Waals surface area contributed by atoms with Crippen LogP contribution in [0.3, 0.4) is 0 Å². The molecule has 1 aliphatic rings. The van der Waals surface area contributed by atoms with Crippen LogP contribution in [0.1, 0.15) is 39.5 Å². The summed E-state index contributed by atoms with van der Waals surface area (Å²) < 4.78 is 6.43. The minimum Gasteiger partial charge on any atom is -0.481 e. The molecule has 0 aromatic carbocycles. The third kappa shape index (κ3) is 30.3. The standard InChI is InChI=1S/C12H12N2O4S2.C10H8N2S2.C8H9NO2S2.C3H6O2S.CH4.H2P2S/c15-10-4-5-11(16)14(10)18-12(17)6-8-19-20-9-3-1-2-7-13-9;1-3-7-11-9(5-1)13-14-10-6-2-4-8-12-10;10-8(11)4-6-12-13-7-3-1-2-5-9-7;4-3(5)1-2-6;;1-2-3/h1-3,7H,4-6,8H2;1-8H;1-3,5H,4,6H2,(H,10,11);6H,1-2H2,(H,4,5);1H4;1H2/p+1/i/hD. The van der Waals surface area contributed by atoms with Gasteiger partial charge in [-0.15, -0.1) is 5.06 Å². The number of aliphatic carboxylic acids is 2. The first-order valence-electron chi connectivity index (χ1n) is 16.2. The Kier molecular flexibility index (Phi) is 33.8. The number of imide groups is 1. The fourth-order valence-electron chi connectivity index (χ4n) is 3.03. The summed E-state index contributed by atoms with van der Waals surface area (Å²) in [7, 11) is 11.4. The van der Waals surface area contributed by atoms with E-state index in [4.69, 9.17) is 16.3 Å². The average molecular weight is 968 g/mol. The largest absolute Gasteiger partial charge is 0.481 e. The van der Waals surface area contributed by atoms with E-state index in [1.807, 2.05) is 72.8 Å². The normalized spacial score (nSPS) is 11.5. The molecule has 0 saturated carbocycles. The van der Waals surface area contributed by atoms with Crippen LogP contribution < -0.4 is 0 Å². The van der Waals surface area contributed by atoms with Crippen LogP contribution >= 0.6 is 93.3 Å². The highest BCUT2D eigenvalue weighted by Gasteiger charge is 2.32. The number of carbonyl (C=O) groups excluding carboxylic acids is 3. The highest BCUT2D eigenvalue weighted by molar-refractivity contribution is 8.77. The van der Waals surface area contributed by atoms with E-state index in [-0.39, 0.29) is 39.5 Å². The zero-order valence-electron chi connectivity index (χ0n) is 30.3. The van der Waals surface area contributed by atoms with Crippen molar-refractivity contribution in [3.8, 4) is 0 Å². The van der Waals surface area contributed by atoms with Crippen molar-refractivity contribution in [3.63, 3.8) is 0 Å². The molecule has 23 heteroatoms. The number of carboxylic acid groups (broad SMARTS) is 2. The van der Waals surface area contributed by atoms with E-state index in [2.05, 4.69) is 53.3 Å². The Morgan fingerprint density at radius 1 is 0.719 bits per heavy atom. The van der Waals surface area contributed by atoms with Crippen molar-refractivity contribution in [2.24, 2.45) is 0 Å². The molecule has 0 spiro atoms. The summed E-state index contributed by atoms with van der Waals surface area (Å²) >= 11 is 7.99. The molecule has 1 aliphatic heterocycles. The molecule has 0 bridgehead atoms. The molecule has 57 heavy (non-hydrogen) atoms. The first kappa shape index (κ1) is 52.6. The molecular formula is C34H42N5O8P2S8+. The van der Waals surface area contributed by atoms with Crippen molar-refractivity contribution in [2.45, 2.75) is 59.6 Å². The highest BCUT2D eigenvalue weighted by atomic mass is 33.1. The molecular weight excluding hydrogens is 925 g/mol. The predicted octanol–water partition coefficient (Wildman–Crippen LogP) is 9.34. The second kappa shape index (κ2) is 36.6. The molecule has 1 saturated heterocycles. The molecule has 308 valence electrons. The van der Waals surface area contributed by atoms with Crippen molar-refractivity contribution in [1.82, 2.24) is 25.0 Å². The summed E-state index contributed by atoms with van der Waals surface area (Å²) in [5.74, 6) is -1.50. The van der Waals surface area contributed by atoms with E-state index < -0.39 is 36.7 Å². The van der Waals surface area contributed by atoms with Gasteiger partial charge in [-0.3, -0.25) is 19.2 Å². The number of amides is 2. The second-order valence-electron chi connectivity index (χ2n) is 9.56. The van der Waals surface area contributed by atoms with Crippen molar-refractivity contribution in [2.75, 3.05) is 17.3 Å². The van der Waals surface area contributed by atoms with Gasteiger partial charge in [-0.25, -0.2) is 24.7 Å². The van der Waals surface area contributed by atoms with E-state index in [1.54, 1.807) is 46.4 Å². The van der Waals surface area contributed by atoms with Gasteiger partial charge in [0.15, 0.2) is 18.8 Å². The van der Waals surface area contributed by atoms with Gasteiger partial charge in [-0.2, -0.15) is 12.6 Å². The fraction of sp³-hybridized carbons (Fsp3) is 0.265. The van der Waals surface area contributed by atoms with Gasteiger partial charge in [0, 0.05) is 54.9 Å². The summed E-state index contributed by atoms with van der Waals surface area (Å²) in [6, 6.07) is 23.0. The number of nitrogens with zero attached hydrogens (tertiary/aromatic N) is 5. The Hall–Kier alpha value is -2.45. The van der Waals surface area contributed by atoms with Crippen molar-refractivity contribution in [1.29, 1.82) is 1.28 Å². The monoisotopic (exact) mass is 967 g/mol. The molecule has 2 amide bonds. The van der Waals surface area contributed by atoms with Crippen LogP contribution in [0.4, 0.5) is 0 Å². The van der Waals surface area contributed by atoms with Crippen LogP contribution in [0.15, 0.2) is 118 Å². The van der Waals surface area contributed by atoms with Gasteiger partial charge in [0.2, 0.25) is 0 Å². The molecule has 0 aliphatic carbocycles. The highest BCUT2D eigenvalue weighted by Crippen LogP contribution is 2.34. The number of carbonyl (C=O) groups is 5. The lowest BCUT2D eigenvalue weighted by Crippen LogP contribution is -2.32. The van der Waals surface area contributed by atoms with Gasteiger partial charge >= 0.3 is 19.2 Å². The van der Waals surface area contributed by atoms with Crippen LogP contribution in [0, 0.1) is 0 Å². The zero-order valence-corrected chi connectivity index (χ0v) is 38.0. The molecule has 2 N–H and O–H groups in total. The maximum absolute atomic E-state index is 11.5. The topological polar surface area (TPSA) is 190 Å². The summed E-state index contributed by atoms with van der Waals surface area (Å²) in [6.07, 6.45) is 7.70. The smallest absolute Gasteiger partial charge is 0.355 e. The fourth-order valence-corrected chi connectivity index (χ4v) is 8.68. The number of thiol groups is 1. The first-order chi connectivity index (χ1) is 27.4. The lowest BCUT2D eigenvalue weighted by atomic mass is 10.4. The molecule has 5 rings (SSSR count). The van der Waals surface area contributed by atoms with Gasteiger partial charge in [0.05, 0.1) is 28.2 Å². The summed E-state index contributed by atoms with van der Waals surface area (Å²) in [4.78, 5) is 75.1. The zero-order chi connectivity index (χ0) is 42.1. The number of rotatable bonds is 16. The van der Waals surface area contributed by atoms with Gasteiger partial charge in [-0.05, 0) is 91.7 Å². The molecule has 0 radical (unpaired) electrons. The van der Waals surface area contributed by atoms with E-state index in [1.165, 1.54) is 43.2 Å². The maximum atomic E-state index is 11.5. The van der Waals surface area contributed by atoms with Crippen molar-refractivity contribution < 1.29 is 39.0 Å². The molecule has 13 nitrogen and oxygen atoms in total. The Morgan fingerprint density at radius 2 is 1.07 bits per heavy atom. The number of hydrogen-bond donors (Lipinski definition) is 3. The van der Waals surface area contributed by atoms with E-state index >= 15 is 0 Å². The van der Waals surface area contributed by atoms with Crippen molar-refractivity contribution in [3.05, 3.63) is 97.6 Å². The second-order valence-corrected chi connectivity index (χ2v) is 19.8. The van der Waals surface area contributed by atoms with E-state index in [9.17, 15) is 24.0 Å². The molecule has 2 unspecified atom stereocenters. The maximum Gasteiger partial charge on any atom is 0.355 e. The predicted molar refractivity (Wildman–Crippen MR) is 248 cm³/mol. The molecule has 2 atom stereocenters. The van der Waals surface area contributed by atoms with Crippen LogP contribution in [-0.2, 0) is 40.6 Å². The molecule has 1 fully saturated rings. The summed E-state index contributed by atoms with van der Waals surface area (Å²) in [6.45, 7) is -0.870. The number of pyridine rings is 4. The molecule has 4 aromatic rings. The van der Waals surface area contributed by atoms with E-state index in [0.717, 1.165) is 20.1 Å². The lowest BCUT2D eigenvalue weighted by Gasteiger charge is -2.12.